The van der Waals surface area contributed by atoms with Crippen LogP contribution in [-0.2, 0) is 9.84 Å². The summed E-state index contributed by atoms with van der Waals surface area (Å²) in [6.45, 7) is 3.65. The van der Waals surface area contributed by atoms with Gasteiger partial charge in [-0.05, 0) is 67.4 Å². The number of benzene rings is 2. The minimum absolute atomic E-state index is 0.131. The predicted molar refractivity (Wildman–Crippen MR) is 108 cm³/mol. The molecule has 0 fully saturated rings. The summed E-state index contributed by atoms with van der Waals surface area (Å²) in [7, 11) is -3.78. The molecule has 1 heterocycles. The molecule has 0 radical (unpaired) electrons. The molecule has 3 rings (SSSR count). The average molecular weight is 418 g/mol. The minimum Gasteiger partial charge on any atom is -0.468 e. The zero-order valence-electron chi connectivity index (χ0n) is 15.5. The molecule has 0 saturated carbocycles. The lowest BCUT2D eigenvalue weighted by Gasteiger charge is -2.17. The molecule has 0 aliphatic heterocycles. The van der Waals surface area contributed by atoms with Crippen molar-refractivity contribution in [1.82, 2.24) is 5.32 Å². The summed E-state index contributed by atoms with van der Waals surface area (Å²) >= 11 is 5.92. The van der Waals surface area contributed by atoms with Gasteiger partial charge in [-0.2, -0.15) is 0 Å². The molecule has 0 unspecified atom stereocenters. The Morgan fingerprint density at radius 1 is 1.07 bits per heavy atom. The van der Waals surface area contributed by atoms with Gasteiger partial charge in [-0.15, -0.1) is 0 Å². The Hall–Kier alpha value is -2.57. The summed E-state index contributed by atoms with van der Waals surface area (Å²) in [5, 5.41) is 2.06. The highest BCUT2D eigenvalue weighted by Gasteiger charge is 2.32. The number of amides is 1. The van der Waals surface area contributed by atoms with Crippen LogP contribution < -0.4 is 5.32 Å². The second-order valence-electron chi connectivity index (χ2n) is 6.52. The van der Waals surface area contributed by atoms with Gasteiger partial charge in [-0.3, -0.25) is 4.79 Å². The Kier molecular flexibility index (Phi) is 5.91. The highest BCUT2D eigenvalue weighted by Crippen LogP contribution is 2.30. The van der Waals surface area contributed by atoms with Crippen LogP contribution in [0.15, 0.2) is 70.2 Å². The molecule has 0 saturated heterocycles. The zero-order chi connectivity index (χ0) is 20.3. The quantitative estimate of drug-likeness (QED) is 0.640. The lowest BCUT2D eigenvalue weighted by atomic mass is 10.1. The molecule has 2 aromatic carbocycles. The number of hydrogen-bond donors (Lipinski definition) is 1. The molecular formula is C21H20ClNO4S. The minimum atomic E-state index is -3.78. The van der Waals surface area contributed by atoms with Crippen LogP contribution in [0.1, 0.15) is 32.5 Å². The van der Waals surface area contributed by atoms with E-state index in [4.69, 9.17) is 16.0 Å². The number of furan rings is 1. The standard InChI is InChI=1S/C21H20ClNO4S/c1-14-8-9-18(11-15(14)2)28(25,26)20(19-7-4-10-27-19)13-23-21(24)16-5-3-6-17(22)12-16/h3-12,20H,13H2,1-2H3,(H,23,24)/t20-/m0/s1. The largest absolute Gasteiger partial charge is 0.468 e. The van der Waals surface area contributed by atoms with Crippen LogP contribution in [0.25, 0.3) is 0 Å². The van der Waals surface area contributed by atoms with Crippen LogP contribution in [-0.4, -0.2) is 20.9 Å². The number of rotatable bonds is 6. The van der Waals surface area contributed by atoms with E-state index in [0.717, 1.165) is 11.1 Å². The van der Waals surface area contributed by atoms with Crippen LogP contribution in [0.4, 0.5) is 0 Å². The van der Waals surface area contributed by atoms with Crippen molar-refractivity contribution in [3.8, 4) is 0 Å². The molecule has 1 aromatic heterocycles. The maximum atomic E-state index is 13.3. The van der Waals surface area contributed by atoms with Gasteiger partial charge in [0.1, 0.15) is 11.0 Å². The molecule has 1 atom stereocenters. The lowest BCUT2D eigenvalue weighted by Crippen LogP contribution is -2.31. The fourth-order valence-electron chi connectivity index (χ4n) is 2.81. The van der Waals surface area contributed by atoms with Crippen LogP contribution in [0, 0.1) is 13.8 Å². The molecule has 0 aliphatic carbocycles. The second kappa shape index (κ2) is 8.20. The van der Waals surface area contributed by atoms with Gasteiger partial charge in [0, 0.05) is 17.1 Å². The molecule has 7 heteroatoms. The molecule has 146 valence electrons. The van der Waals surface area contributed by atoms with E-state index in [1.54, 1.807) is 48.5 Å². The lowest BCUT2D eigenvalue weighted by molar-refractivity contribution is 0.0953. The smallest absolute Gasteiger partial charge is 0.251 e. The maximum Gasteiger partial charge on any atom is 0.251 e. The summed E-state index contributed by atoms with van der Waals surface area (Å²) in [4.78, 5) is 12.6. The fourth-order valence-corrected chi connectivity index (χ4v) is 4.67. The summed E-state index contributed by atoms with van der Waals surface area (Å²) in [5.41, 5.74) is 2.24. The molecule has 5 nitrogen and oxygen atoms in total. The van der Waals surface area contributed by atoms with Gasteiger partial charge >= 0.3 is 0 Å². The number of halogens is 1. The second-order valence-corrected chi connectivity index (χ2v) is 9.08. The Morgan fingerprint density at radius 3 is 2.50 bits per heavy atom. The van der Waals surface area contributed by atoms with Crippen molar-refractivity contribution in [2.24, 2.45) is 0 Å². The SMILES string of the molecule is Cc1ccc(S(=O)(=O)[C@@H](CNC(=O)c2cccc(Cl)c2)c2ccco2)cc1C. The normalized spacial score (nSPS) is 12.5. The van der Waals surface area contributed by atoms with Crippen molar-refractivity contribution in [2.45, 2.75) is 24.0 Å². The Bertz CT molecular complexity index is 1090. The van der Waals surface area contributed by atoms with Crippen LogP contribution >= 0.6 is 11.6 Å². The van der Waals surface area contributed by atoms with E-state index in [2.05, 4.69) is 5.32 Å². The topological polar surface area (TPSA) is 76.4 Å². The average Bonchev–Trinajstić information content (AvgIpc) is 3.18. The first-order valence-corrected chi connectivity index (χ1v) is 10.6. The third kappa shape index (κ3) is 4.29. The zero-order valence-corrected chi connectivity index (χ0v) is 17.0. The third-order valence-electron chi connectivity index (χ3n) is 4.58. The molecule has 3 aromatic rings. The van der Waals surface area contributed by atoms with Crippen molar-refractivity contribution >= 4 is 27.3 Å². The van der Waals surface area contributed by atoms with Crippen molar-refractivity contribution in [3.63, 3.8) is 0 Å². The molecule has 0 bridgehead atoms. The highest BCUT2D eigenvalue weighted by atomic mass is 35.5. The highest BCUT2D eigenvalue weighted by molar-refractivity contribution is 7.91. The number of sulfone groups is 1. The van der Waals surface area contributed by atoms with Gasteiger partial charge in [0.05, 0.1) is 11.2 Å². The van der Waals surface area contributed by atoms with Gasteiger partial charge in [-0.25, -0.2) is 8.42 Å². The number of aryl methyl sites for hydroxylation is 2. The Morgan fingerprint density at radius 2 is 1.86 bits per heavy atom. The molecular weight excluding hydrogens is 398 g/mol. The molecule has 0 spiro atoms. The van der Waals surface area contributed by atoms with Crippen molar-refractivity contribution in [3.05, 3.63) is 88.3 Å². The van der Waals surface area contributed by atoms with E-state index in [1.807, 2.05) is 13.8 Å². The monoisotopic (exact) mass is 417 g/mol. The van der Waals surface area contributed by atoms with E-state index in [-0.39, 0.29) is 17.2 Å². The van der Waals surface area contributed by atoms with Crippen molar-refractivity contribution < 1.29 is 17.6 Å². The first-order chi connectivity index (χ1) is 13.3. The molecule has 1 N–H and O–H groups in total. The summed E-state index contributed by atoms with van der Waals surface area (Å²) < 4.78 is 31.9. The number of hydrogen-bond acceptors (Lipinski definition) is 4. The van der Waals surface area contributed by atoms with E-state index in [9.17, 15) is 13.2 Å². The first-order valence-electron chi connectivity index (χ1n) is 8.67. The Labute approximate surface area is 169 Å². The van der Waals surface area contributed by atoms with E-state index in [0.29, 0.717) is 10.6 Å². The van der Waals surface area contributed by atoms with Gasteiger partial charge in [-0.1, -0.05) is 23.7 Å². The van der Waals surface area contributed by atoms with E-state index >= 15 is 0 Å². The maximum absolute atomic E-state index is 13.3. The van der Waals surface area contributed by atoms with Crippen LogP contribution in [0.5, 0.6) is 0 Å². The number of carbonyl (C=O) groups excluding carboxylic acids is 1. The van der Waals surface area contributed by atoms with Gasteiger partial charge < -0.3 is 9.73 Å². The number of carbonyl (C=O) groups is 1. The van der Waals surface area contributed by atoms with Gasteiger partial charge in [0.25, 0.3) is 5.91 Å². The molecule has 0 aliphatic rings. The van der Waals surface area contributed by atoms with Gasteiger partial charge in [0.2, 0.25) is 0 Å². The summed E-state index contributed by atoms with van der Waals surface area (Å²) in [6.07, 6.45) is 1.41. The van der Waals surface area contributed by atoms with Crippen molar-refractivity contribution in [1.29, 1.82) is 0 Å². The van der Waals surface area contributed by atoms with Crippen LogP contribution in [0.2, 0.25) is 5.02 Å². The molecule has 1 amide bonds. The summed E-state index contributed by atoms with van der Waals surface area (Å²) in [5.74, 6) is -0.140. The van der Waals surface area contributed by atoms with Crippen LogP contribution in [0.3, 0.4) is 0 Å². The summed E-state index contributed by atoms with van der Waals surface area (Å²) in [6, 6.07) is 14.7. The predicted octanol–water partition coefficient (Wildman–Crippen LogP) is 4.49. The first kappa shape index (κ1) is 20.2. The Balaban J connectivity index is 1.89. The van der Waals surface area contributed by atoms with Crippen molar-refractivity contribution in [2.75, 3.05) is 6.54 Å². The third-order valence-corrected chi connectivity index (χ3v) is 6.87. The molecule has 28 heavy (non-hydrogen) atoms. The van der Waals surface area contributed by atoms with Gasteiger partial charge in [0.15, 0.2) is 9.84 Å². The fraction of sp³-hybridized carbons (Fsp3) is 0.190. The van der Waals surface area contributed by atoms with E-state index < -0.39 is 21.0 Å². The van der Waals surface area contributed by atoms with E-state index in [1.165, 1.54) is 12.3 Å². The number of nitrogens with one attached hydrogen (secondary N) is 1.